The van der Waals surface area contributed by atoms with Gasteiger partial charge in [-0.25, -0.2) is 9.18 Å². The van der Waals surface area contributed by atoms with Gasteiger partial charge in [-0.05, 0) is 43.0 Å². The third kappa shape index (κ3) is 2.64. The summed E-state index contributed by atoms with van der Waals surface area (Å²) >= 11 is 0. The average molecular weight is 237 g/mol. The molecule has 1 aromatic carbocycles. The molecule has 2 rings (SSSR count). The number of carbonyl (C=O) groups is 1. The lowest BCUT2D eigenvalue weighted by atomic mass is 9.90. The molecule has 1 atom stereocenters. The Bertz CT molecular complexity index is 414. The van der Waals surface area contributed by atoms with Crippen molar-refractivity contribution in [2.45, 2.75) is 18.8 Å². The van der Waals surface area contributed by atoms with E-state index < -0.39 is 11.8 Å². The van der Waals surface area contributed by atoms with Crippen LogP contribution in [0.4, 0.5) is 4.39 Å². The molecule has 0 amide bonds. The minimum absolute atomic E-state index is 0.0237. The van der Waals surface area contributed by atoms with E-state index in [2.05, 4.69) is 10.1 Å². The number of rotatable bonds is 2. The highest BCUT2D eigenvalue weighted by molar-refractivity contribution is 5.89. The topological polar surface area (TPSA) is 38.3 Å². The van der Waals surface area contributed by atoms with Crippen molar-refractivity contribution >= 4 is 5.97 Å². The number of halogens is 1. The maximum Gasteiger partial charge on any atom is 0.340 e. The number of ether oxygens (including phenoxy) is 1. The van der Waals surface area contributed by atoms with Gasteiger partial charge in [0.1, 0.15) is 5.82 Å². The summed E-state index contributed by atoms with van der Waals surface area (Å²) in [6.07, 6.45) is 2.18. The number of hydrogen-bond acceptors (Lipinski definition) is 3. The smallest absolute Gasteiger partial charge is 0.340 e. The molecule has 1 aromatic rings. The van der Waals surface area contributed by atoms with Crippen LogP contribution in [-0.2, 0) is 4.74 Å². The molecule has 1 fully saturated rings. The zero-order chi connectivity index (χ0) is 12.3. The molecule has 17 heavy (non-hydrogen) atoms. The van der Waals surface area contributed by atoms with E-state index in [1.807, 2.05) is 0 Å². The standard InChI is InChI=1S/C13H16FNO2/c1-17-13(16)11-7-9(4-5-12(11)14)10-3-2-6-15-8-10/h4-5,7,10,15H,2-3,6,8H2,1H3/t10-/m1/s1. The first-order chi connectivity index (χ1) is 8.22. The number of hydrogen-bond donors (Lipinski definition) is 1. The van der Waals surface area contributed by atoms with Crippen LogP contribution in [0.3, 0.4) is 0 Å². The predicted molar refractivity (Wildman–Crippen MR) is 62.6 cm³/mol. The van der Waals surface area contributed by atoms with Crippen molar-refractivity contribution in [1.29, 1.82) is 0 Å². The van der Waals surface area contributed by atoms with Gasteiger partial charge in [0.15, 0.2) is 0 Å². The Morgan fingerprint density at radius 2 is 2.35 bits per heavy atom. The molecule has 1 heterocycles. The Morgan fingerprint density at radius 1 is 1.53 bits per heavy atom. The first-order valence-electron chi connectivity index (χ1n) is 5.81. The van der Waals surface area contributed by atoms with Crippen LogP contribution >= 0.6 is 0 Å². The lowest BCUT2D eigenvalue weighted by Gasteiger charge is -2.23. The third-order valence-corrected chi connectivity index (χ3v) is 3.16. The predicted octanol–water partition coefficient (Wildman–Crippen LogP) is 2.08. The summed E-state index contributed by atoms with van der Waals surface area (Å²) in [5.74, 6) is -0.787. The number of esters is 1. The zero-order valence-corrected chi connectivity index (χ0v) is 9.83. The summed E-state index contributed by atoms with van der Waals surface area (Å²) in [7, 11) is 1.26. The minimum Gasteiger partial charge on any atom is -0.465 e. The largest absolute Gasteiger partial charge is 0.465 e. The molecule has 0 aliphatic carbocycles. The second kappa shape index (κ2) is 5.27. The molecule has 0 aromatic heterocycles. The molecule has 0 radical (unpaired) electrons. The number of methoxy groups -OCH3 is 1. The average Bonchev–Trinajstić information content (AvgIpc) is 2.39. The van der Waals surface area contributed by atoms with Gasteiger partial charge < -0.3 is 10.1 Å². The molecule has 3 nitrogen and oxygen atoms in total. The lowest BCUT2D eigenvalue weighted by Crippen LogP contribution is -2.28. The van der Waals surface area contributed by atoms with Crippen molar-refractivity contribution in [3.8, 4) is 0 Å². The van der Waals surface area contributed by atoms with Crippen LogP contribution in [-0.4, -0.2) is 26.2 Å². The SMILES string of the molecule is COC(=O)c1cc([C@@H]2CCCNC2)ccc1F. The van der Waals surface area contributed by atoms with Crippen LogP contribution in [0.1, 0.15) is 34.7 Å². The van der Waals surface area contributed by atoms with Crippen molar-refractivity contribution in [3.63, 3.8) is 0 Å². The minimum atomic E-state index is -0.617. The summed E-state index contributed by atoms with van der Waals surface area (Å²) in [6, 6.07) is 4.70. The molecular formula is C13H16FNO2. The summed E-state index contributed by atoms with van der Waals surface area (Å²) < 4.78 is 18.0. The van der Waals surface area contributed by atoms with Crippen molar-refractivity contribution < 1.29 is 13.9 Å². The molecule has 4 heteroatoms. The van der Waals surface area contributed by atoms with Crippen LogP contribution in [0.2, 0.25) is 0 Å². The summed E-state index contributed by atoms with van der Waals surface area (Å²) in [5, 5.41) is 3.30. The van der Waals surface area contributed by atoms with Gasteiger partial charge in [-0.2, -0.15) is 0 Å². The fourth-order valence-electron chi connectivity index (χ4n) is 2.20. The van der Waals surface area contributed by atoms with Crippen LogP contribution < -0.4 is 5.32 Å². The van der Waals surface area contributed by atoms with Gasteiger partial charge in [-0.15, -0.1) is 0 Å². The quantitative estimate of drug-likeness (QED) is 0.800. The normalized spacial score (nSPS) is 20.0. The summed E-state index contributed by atoms with van der Waals surface area (Å²) in [4.78, 5) is 11.4. The van der Waals surface area contributed by atoms with Gasteiger partial charge in [0.05, 0.1) is 12.7 Å². The van der Waals surface area contributed by atoms with E-state index in [4.69, 9.17) is 0 Å². The second-order valence-corrected chi connectivity index (χ2v) is 4.27. The molecule has 0 saturated carbocycles. The number of nitrogens with one attached hydrogen (secondary N) is 1. The Labute approximate surface area is 100.0 Å². The first-order valence-corrected chi connectivity index (χ1v) is 5.81. The molecule has 1 saturated heterocycles. The molecule has 92 valence electrons. The van der Waals surface area contributed by atoms with Crippen molar-refractivity contribution in [2.75, 3.05) is 20.2 Å². The second-order valence-electron chi connectivity index (χ2n) is 4.27. The van der Waals surface area contributed by atoms with Gasteiger partial charge in [-0.3, -0.25) is 0 Å². The monoisotopic (exact) mass is 237 g/mol. The molecule has 1 aliphatic rings. The molecule has 1 aliphatic heterocycles. The van der Waals surface area contributed by atoms with E-state index in [0.717, 1.165) is 31.5 Å². The third-order valence-electron chi connectivity index (χ3n) is 3.16. The van der Waals surface area contributed by atoms with Crippen molar-refractivity contribution in [3.05, 3.63) is 35.1 Å². The van der Waals surface area contributed by atoms with Crippen LogP contribution in [0.5, 0.6) is 0 Å². The zero-order valence-electron chi connectivity index (χ0n) is 9.83. The number of benzene rings is 1. The Kier molecular flexibility index (Phi) is 3.74. The highest BCUT2D eigenvalue weighted by Crippen LogP contribution is 2.25. The highest BCUT2D eigenvalue weighted by atomic mass is 19.1. The van der Waals surface area contributed by atoms with E-state index in [0.29, 0.717) is 5.92 Å². The van der Waals surface area contributed by atoms with E-state index in [9.17, 15) is 9.18 Å². The van der Waals surface area contributed by atoms with Crippen LogP contribution in [0.15, 0.2) is 18.2 Å². The van der Waals surface area contributed by atoms with Gasteiger partial charge in [-0.1, -0.05) is 6.07 Å². The Hall–Kier alpha value is -1.42. The van der Waals surface area contributed by atoms with E-state index in [-0.39, 0.29) is 5.56 Å². The van der Waals surface area contributed by atoms with Crippen LogP contribution in [0.25, 0.3) is 0 Å². The lowest BCUT2D eigenvalue weighted by molar-refractivity contribution is 0.0595. The molecule has 0 spiro atoms. The maximum absolute atomic E-state index is 13.5. The summed E-state index contributed by atoms with van der Waals surface area (Å²) in [6.45, 7) is 1.91. The number of carbonyl (C=O) groups excluding carboxylic acids is 1. The van der Waals surface area contributed by atoms with Gasteiger partial charge in [0.25, 0.3) is 0 Å². The van der Waals surface area contributed by atoms with Gasteiger partial charge >= 0.3 is 5.97 Å². The van der Waals surface area contributed by atoms with Gasteiger partial charge in [0, 0.05) is 6.54 Å². The molecule has 0 unspecified atom stereocenters. The van der Waals surface area contributed by atoms with Crippen LogP contribution in [0, 0.1) is 5.82 Å². The molecule has 0 bridgehead atoms. The van der Waals surface area contributed by atoms with Gasteiger partial charge in [0.2, 0.25) is 0 Å². The summed E-state index contributed by atoms with van der Waals surface area (Å²) in [5.41, 5.74) is 1.02. The molecular weight excluding hydrogens is 221 g/mol. The van der Waals surface area contributed by atoms with E-state index in [1.54, 1.807) is 12.1 Å². The first kappa shape index (κ1) is 12.0. The van der Waals surface area contributed by atoms with Crippen molar-refractivity contribution in [2.24, 2.45) is 0 Å². The maximum atomic E-state index is 13.5. The van der Waals surface area contributed by atoms with E-state index >= 15 is 0 Å². The Balaban J connectivity index is 2.26. The van der Waals surface area contributed by atoms with E-state index in [1.165, 1.54) is 13.2 Å². The molecule has 1 N–H and O–H groups in total. The fraction of sp³-hybridized carbons (Fsp3) is 0.462. The highest BCUT2D eigenvalue weighted by Gasteiger charge is 2.19. The van der Waals surface area contributed by atoms with Crippen molar-refractivity contribution in [1.82, 2.24) is 5.32 Å². The fourth-order valence-corrected chi connectivity index (χ4v) is 2.20. The number of piperidine rings is 1. The Morgan fingerprint density at radius 3 is 3.00 bits per heavy atom.